The predicted octanol–water partition coefficient (Wildman–Crippen LogP) is 12.3. The van der Waals surface area contributed by atoms with Gasteiger partial charge in [-0.2, -0.15) is 0 Å². The van der Waals surface area contributed by atoms with Crippen LogP contribution in [0.5, 0.6) is 0 Å². The van der Waals surface area contributed by atoms with E-state index in [1.54, 1.807) is 0 Å². The first-order valence-electron chi connectivity index (χ1n) is 18.2. The molecular weight excluding hydrogens is 867 g/mol. The predicted molar refractivity (Wildman–Crippen MR) is 227 cm³/mol. The molecule has 0 aliphatic carbocycles. The number of imidazole rings is 1. The fourth-order valence-electron chi connectivity index (χ4n) is 7.32. The van der Waals surface area contributed by atoms with Crippen molar-refractivity contribution in [1.29, 1.82) is 0 Å². The second-order valence-electron chi connectivity index (χ2n) is 14.5. The molecule has 0 unspecified atom stereocenters. The molecule has 0 bridgehead atoms. The van der Waals surface area contributed by atoms with E-state index in [2.05, 4.69) is 127 Å². The van der Waals surface area contributed by atoms with Crippen molar-refractivity contribution in [2.45, 2.75) is 19.6 Å². The largest absolute Gasteiger partial charge is 0.501 e. The van der Waals surface area contributed by atoms with Crippen LogP contribution in [0.1, 0.15) is 0 Å². The van der Waals surface area contributed by atoms with Crippen molar-refractivity contribution in [2.24, 2.45) is 0 Å². The Kier molecular flexibility index (Phi) is 9.89. The number of benzene rings is 7. The van der Waals surface area contributed by atoms with Gasteiger partial charge in [0.15, 0.2) is 0 Å². The summed E-state index contributed by atoms with van der Waals surface area (Å²) in [6.07, 6.45) is 2.10. The van der Waals surface area contributed by atoms with Gasteiger partial charge >= 0.3 is 0 Å². The number of fused-ring (bicyclic) bond motifs is 5. The van der Waals surface area contributed by atoms with Crippen molar-refractivity contribution in [3.8, 4) is 39.5 Å². The van der Waals surface area contributed by atoms with Crippen molar-refractivity contribution in [3.05, 3.63) is 182 Å². The maximum absolute atomic E-state index is 6.24. The van der Waals surface area contributed by atoms with Gasteiger partial charge in [-0.1, -0.05) is 128 Å². The Labute approximate surface area is 335 Å². The van der Waals surface area contributed by atoms with Gasteiger partial charge in [-0.25, -0.2) is 0 Å². The van der Waals surface area contributed by atoms with Crippen LogP contribution in [-0.2, 0) is 20.1 Å². The Morgan fingerprint density at radius 2 is 1.35 bits per heavy atom. The van der Waals surface area contributed by atoms with Crippen molar-refractivity contribution in [3.63, 3.8) is 0 Å². The molecule has 269 valence electrons. The van der Waals surface area contributed by atoms with Crippen LogP contribution in [0.25, 0.3) is 83.2 Å². The minimum Gasteiger partial charge on any atom is -0.501 e. The standard InChI is InChI=1S/C25H15N2O.C24H22NSi.Ir/c1-2-9-17(10-3-1)27-22-15-6-5-14-21(22)26-25(27)20-13-8-12-19-18-11-4-7-16-23(18)28-24(19)20;1-26(2,3)24-17-25-23(19-11-5-4-6-12-19)16-22(24)21-15-9-13-18-10-7-8-14-20(18)21;/h1-12,14-16H;4-11,13-17H,1-3H3;/q2*-1;. The molecule has 6 heteroatoms. The zero-order valence-electron chi connectivity index (χ0n) is 30.7. The van der Waals surface area contributed by atoms with E-state index in [9.17, 15) is 0 Å². The van der Waals surface area contributed by atoms with Gasteiger partial charge in [0.05, 0.1) is 30.5 Å². The average molecular weight is 904 g/mol. The Balaban J connectivity index is 0.000000153. The van der Waals surface area contributed by atoms with Gasteiger partial charge in [-0.15, -0.1) is 54.1 Å². The first-order chi connectivity index (χ1) is 26.4. The maximum atomic E-state index is 6.24. The fraction of sp³-hybridized carbons (Fsp3) is 0.0612. The van der Waals surface area contributed by atoms with Gasteiger partial charge in [0.1, 0.15) is 5.58 Å². The second kappa shape index (κ2) is 15.1. The molecule has 10 rings (SSSR count). The third-order valence-corrected chi connectivity index (χ3v) is 11.9. The molecule has 0 saturated heterocycles. The van der Waals surface area contributed by atoms with Crippen LogP contribution in [0.3, 0.4) is 0 Å². The normalized spacial score (nSPS) is 11.4. The van der Waals surface area contributed by atoms with Crippen LogP contribution >= 0.6 is 0 Å². The molecule has 55 heavy (non-hydrogen) atoms. The van der Waals surface area contributed by atoms with E-state index in [-0.39, 0.29) is 20.1 Å². The molecule has 7 aromatic carbocycles. The molecule has 0 fully saturated rings. The molecule has 0 amide bonds. The van der Waals surface area contributed by atoms with E-state index in [0.717, 1.165) is 61.3 Å². The van der Waals surface area contributed by atoms with E-state index in [1.165, 1.54) is 27.1 Å². The summed E-state index contributed by atoms with van der Waals surface area (Å²) in [7, 11) is -1.54. The van der Waals surface area contributed by atoms with Crippen LogP contribution < -0.4 is 5.19 Å². The van der Waals surface area contributed by atoms with Crippen LogP contribution in [0, 0.1) is 12.1 Å². The first-order valence-corrected chi connectivity index (χ1v) is 21.7. The molecule has 1 radical (unpaired) electrons. The molecule has 0 saturated carbocycles. The quantitative estimate of drug-likeness (QED) is 0.128. The number of hydrogen-bond acceptors (Lipinski definition) is 3. The van der Waals surface area contributed by atoms with E-state index < -0.39 is 8.07 Å². The minimum atomic E-state index is -1.54. The first kappa shape index (κ1) is 36.1. The number of nitrogens with zero attached hydrogens (tertiary/aromatic N) is 3. The summed E-state index contributed by atoms with van der Waals surface area (Å²) >= 11 is 0. The van der Waals surface area contributed by atoms with Crippen LogP contribution in [0.15, 0.2) is 174 Å². The molecule has 0 aliphatic heterocycles. The van der Waals surface area contributed by atoms with E-state index in [0.29, 0.717) is 0 Å². The fourth-order valence-corrected chi connectivity index (χ4v) is 8.79. The molecule has 3 heterocycles. The summed E-state index contributed by atoms with van der Waals surface area (Å²) in [5.74, 6) is 0.831. The monoisotopic (exact) mass is 904 g/mol. The van der Waals surface area contributed by atoms with Gasteiger partial charge in [0, 0.05) is 37.4 Å². The number of pyridine rings is 1. The van der Waals surface area contributed by atoms with Crippen molar-refractivity contribution >= 4 is 57.0 Å². The summed E-state index contributed by atoms with van der Waals surface area (Å²) in [6, 6.07) is 62.8. The molecule has 10 aromatic rings. The molecule has 0 aliphatic rings. The third-order valence-electron chi connectivity index (χ3n) is 9.91. The van der Waals surface area contributed by atoms with E-state index in [4.69, 9.17) is 14.4 Å². The Bertz CT molecular complexity index is 2920. The number of rotatable bonds is 5. The molecule has 0 atom stereocenters. The van der Waals surface area contributed by atoms with Crippen LogP contribution in [0.4, 0.5) is 0 Å². The molecule has 0 N–H and O–H groups in total. The number of hydrogen-bond donors (Lipinski definition) is 0. The van der Waals surface area contributed by atoms with Gasteiger partial charge in [-0.3, -0.25) is 4.98 Å². The maximum Gasteiger partial charge on any atom is 0.120 e. The average Bonchev–Trinajstić information content (AvgIpc) is 3.80. The Morgan fingerprint density at radius 1 is 0.618 bits per heavy atom. The number of furan rings is 1. The Hall–Kier alpha value is -5.91. The van der Waals surface area contributed by atoms with Crippen molar-refractivity contribution in [2.75, 3.05) is 0 Å². The summed E-state index contributed by atoms with van der Waals surface area (Å²) in [5.41, 5.74) is 10.3. The topological polar surface area (TPSA) is 43.9 Å². The Morgan fingerprint density at radius 3 is 2.16 bits per heavy atom. The smallest absolute Gasteiger partial charge is 0.120 e. The zero-order valence-corrected chi connectivity index (χ0v) is 34.1. The SMILES string of the molecule is C[Si](C)(C)c1cnc(-c2[c-]cccc2)cc1-c1cccc2ccccc12.[Ir].[c-]1ccc2c(oc3ccccc32)c1-c1nc2ccccc2n1-c1ccccc1. The summed E-state index contributed by atoms with van der Waals surface area (Å²) < 4.78 is 8.41. The molecular formula is C49H37IrN3OSi-2. The minimum absolute atomic E-state index is 0. The zero-order chi connectivity index (χ0) is 36.6. The molecule has 0 spiro atoms. The summed E-state index contributed by atoms with van der Waals surface area (Å²) in [5, 5.41) is 6.15. The summed E-state index contributed by atoms with van der Waals surface area (Å²) in [6.45, 7) is 7.15. The van der Waals surface area contributed by atoms with Crippen molar-refractivity contribution in [1.82, 2.24) is 14.5 Å². The molecule has 4 nitrogen and oxygen atoms in total. The van der Waals surface area contributed by atoms with Crippen LogP contribution in [-0.4, -0.2) is 22.6 Å². The number of aromatic nitrogens is 3. The third kappa shape index (κ3) is 6.85. The van der Waals surface area contributed by atoms with E-state index in [1.807, 2.05) is 78.9 Å². The van der Waals surface area contributed by atoms with Gasteiger partial charge in [0.25, 0.3) is 0 Å². The van der Waals surface area contributed by atoms with Crippen molar-refractivity contribution < 1.29 is 24.5 Å². The summed E-state index contributed by atoms with van der Waals surface area (Å²) in [4.78, 5) is 9.74. The van der Waals surface area contributed by atoms with Gasteiger partial charge in [0.2, 0.25) is 0 Å². The van der Waals surface area contributed by atoms with E-state index >= 15 is 0 Å². The number of para-hydroxylation sites is 4. The second-order valence-corrected chi connectivity index (χ2v) is 19.5. The van der Waals surface area contributed by atoms with Gasteiger partial charge < -0.3 is 14.0 Å². The van der Waals surface area contributed by atoms with Crippen LogP contribution in [0.2, 0.25) is 19.6 Å². The van der Waals surface area contributed by atoms with Gasteiger partial charge in [-0.05, 0) is 63.1 Å². The molecule has 3 aromatic heterocycles.